The van der Waals surface area contributed by atoms with Crippen LogP contribution in [-0.4, -0.2) is 34.4 Å². The Morgan fingerprint density at radius 2 is 2.05 bits per heavy atom. The number of carbonyl (C=O) groups is 1. The smallest absolute Gasteiger partial charge is 0.419 e. The minimum Gasteiger partial charge on any atom is -0.467 e. The van der Waals surface area contributed by atoms with Gasteiger partial charge in [-0.1, -0.05) is 11.6 Å². The summed E-state index contributed by atoms with van der Waals surface area (Å²) in [6.07, 6.45) is -7.86. The number of aromatic nitrogens is 1. The SMILES string of the molecule is COC(=O)C(O)C(O)c1cnc(Cl)c(C(F)(F)F)c1. The van der Waals surface area contributed by atoms with E-state index in [1.165, 1.54) is 0 Å². The number of hydrogen-bond acceptors (Lipinski definition) is 5. The first-order chi connectivity index (χ1) is 8.68. The van der Waals surface area contributed by atoms with Crippen LogP contribution in [0.15, 0.2) is 12.3 Å². The van der Waals surface area contributed by atoms with Crippen LogP contribution >= 0.6 is 11.6 Å². The van der Waals surface area contributed by atoms with Crippen LogP contribution in [0.3, 0.4) is 0 Å². The van der Waals surface area contributed by atoms with E-state index in [2.05, 4.69) is 9.72 Å². The largest absolute Gasteiger partial charge is 0.467 e. The van der Waals surface area contributed by atoms with Gasteiger partial charge < -0.3 is 14.9 Å². The molecule has 0 saturated carbocycles. The summed E-state index contributed by atoms with van der Waals surface area (Å²) in [4.78, 5) is 14.2. The molecule has 2 unspecified atom stereocenters. The Bertz CT molecular complexity index is 480. The monoisotopic (exact) mass is 299 g/mol. The summed E-state index contributed by atoms with van der Waals surface area (Å²) in [5.74, 6) is -1.18. The Kier molecular flexibility index (Phi) is 4.72. The lowest BCUT2D eigenvalue weighted by atomic mass is 10.0. The predicted octanol–water partition coefficient (Wildman–Crippen LogP) is 1.32. The molecule has 1 heterocycles. The highest BCUT2D eigenvalue weighted by atomic mass is 35.5. The first-order valence-electron chi connectivity index (χ1n) is 4.85. The van der Waals surface area contributed by atoms with Crippen molar-refractivity contribution in [2.45, 2.75) is 18.4 Å². The van der Waals surface area contributed by atoms with Crippen molar-refractivity contribution in [3.8, 4) is 0 Å². The summed E-state index contributed by atoms with van der Waals surface area (Å²) in [6.45, 7) is 0. The van der Waals surface area contributed by atoms with E-state index in [9.17, 15) is 28.2 Å². The first kappa shape index (κ1) is 15.7. The number of methoxy groups -OCH3 is 1. The average molecular weight is 300 g/mol. The van der Waals surface area contributed by atoms with Gasteiger partial charge in [0, 0.05) is 11.8 Å². The predicted molar refractivity (Wildman–Crippen MR) is 57.2 cm³/mol. The van der Waals surface area contributed by atoms with Crippen LogP contribution in [0.2, 0.25) is 5.15 Å². The average Bonchev–Trinajstić information content (AvgIpc) is 2.35. The number of aliphatic hydroxyl groups is 2. The fourth-order valence-corrected chi connectivity index (χ4v) is 1.47. The van der Waals surface area contributed by atoms with Crippen molar-refractivity contribution in [3.05, 3.63) is 28.5 Å². The number of halogens is 4. The maximum atomic E-state index is 12.6. The molecule has 0 aliphatic carbocycles. The maximum absolute atomic E-state index is 12.6. The highest BCUT2D eigenvalue weighted by molar-refractivity contribution is 6.30. The van der Waals surface area contributed by atoms with Crippen molar-refractivity contribution in [1.29, 1.82) is 0 Å². The van der Waals surface area contributed by atoms with Gasteiger partial charge in [-0.3, -0.25) is 0 Å². The molecular weight excluding hydrogens is 291 g/mol. The number of rotatable bonds is 3. The second kappa shape index (κ2) is 5.72. The lowest BCUT2D eigenvalue weighted by Crippen LogP contribution is -2.29. The Labute approximate surface area is 110 Å². The molecule has 5 nitrogen and oxygen atoms in total. The zero-order chi connectivity index (χ0) is 14.8. The van der Waals surface area contributed by atoms with Crippen molar-refractivity contribution in [2.24, 2.45) is 0 Å². The molecule has 9 heteroatoms. The summed E-state index contributed by atoms with van der Waals surface area (Å²) >= 11 is 5.29. The Morgan fingerprint density at radius 1 is 1.47 bits per heavy atom. The third-order valence-electron chi connectivity index (χ3n) is 2.25. The van der Waals surface area contributed by atoms with E-state index >= 15 is 0 Å². The molecule has 0 bridgehead atoms. The Hall–Kier alpha value is -1.38. The van der Waals surface area contributed by atoms with Crippen molar-refractivity contribution in [1.82, 2.24) is 4.98 Å². The van der Waals surface area contributed by atoms with E-state index in [0.717, 1.165) is 13.3 Å². The minimum absolute atomic E-state index is 0.408. The maximum Gasteiger partial charge on any atom is 0.419 e. The van der Waals surface area contributed by atoms with Gasteiger partial charge in [0.15, 0.2) is 6.10 Å². The molecule has 0 fully saturated rings. The number of hydrogen-bond donors (Lipinski definition) is 2. The van der Waals surface area contributed by atoms with Crippen LogP contribution in [0.4, 0.5) is 13.2 Å². The van der Waals surface area contributed by atoms with Crippen LogP contribution < -0.4 is 0 Å². The van der Waals surface area contributed by atoms with E-state index in [4.69, 9.17) is 11.6 Å². The van der Waals surface area contributed by atoms with Crippen molar-refractivity contribution in [2.75, 3.05) is 7.11 Å². The van der Waals surface area contributed by atoms with Gasteiger partial charge >= 0.3 is 12.1 Å². The molecule has 0 aliphatic heterocycles. The standard InChI is InChI=1S/C10H9ClF3NO4/c1-19-9(18)7(17)6(16)4-2-5(10(12,13)14)8(11)15-3-4/h2-3,6-7,16-17H,1H3. The van der Waals surface area contributed by atoms with Gasteiger partial charge in [-0.15, -0.1) is 0 Å². The molecule has 2 atom stereocenters. The summed E-state index contributed by atoms with van der Waals surface area (Å²) in [5, 5.41) is 18.1. The van der Waals surface area contributed by atoms with Gasteiger partial charge in [0.05, 0.1) is 12.7 Å². The number of pyridine rings is 1. The summed E-state index contributed by atoms with van der Waals surface area (Å²) in [7, 11) is 0.958. The molecule has 106 valence electrons. The third-order valence-corrected chi connectivity index (χ3v) is 2.55. The van der Waals surface area contributed by atoms with Crippen molar-refractivity contribution < 1.29 is 32.9 Å². The van der Waals surface area contributed by atoms with Crippen LogP contribution in [-0.2, 0) is 15.7 Å². The first-order valence-corrected chi connectivity index (χ1v) is 5.23. The Balaban J connectivity index is 3.12. The number of nitrogens with zero attached hydrogens (tertiary/aromatic N) is 1. The highest BCUT2D eigenvalue weighted by Gasteiger charge is 2.36. The van der Waals surface area contributed by atoms with Crippen LogP contribution in [0.1, 0.15) is 17.2 Å². The molecule has 1 rings (SSSR count). The van der Waals surface area contributed by atoms with Crippen LogP contribution in [0.25, 0.3) is 0 Å². The fourth-order valence-electron chi connectivity index (χ4n) is 1.26. The van der Waals surface area contributed by atoms with E-state index in [-0.39, 0.29) is 0 Å². The molecule has 0 saturated heterocycles. The quantitative estimate of drug-likeness (QED) is 0.650. The van der Waals surface area contributed by atoms with Gasteiger partial charge in [0.1, 0.15) is 11.3 Å². The van der Waals surface area contributed by atoms with Gasteiger partial charge in [-0.25, -0.2) is 9.78 Å². The molecule has 0 spiro atoms. The topological polar surface area (TPSA) is 79.7 Å². The van der Waals surface area contributed by atoms with E-state index in [1.807, 2.05) is 0 Å². The van der Waals surface area contributed by atoms with E-state index in [1.54, 1.807) is 0 Å². The molecule has 0 aliphatic rings. The minimum atomic E-state index is -4.77. The van der Waals surface area contributed by atoms with Gasteiger partial charge in [-0.05, 0) is 6.07 Å². The van der Waals surface area contributed by atoms with E-state index < -0.39 is 40.6 Å². The number of carbonyl (C=O) groups excluding carboxylic acids is 1. The molecular formula is C10H9ClF3NO4. The van der Waals surface area contributed by atoms with Gasteiger partial charge in [0.25, 0.3) is 0 Å². The fraction of sp³-hybridized carbons (Fsp3) is 0.400. The van der Waals surface area contributed by atoms with Crippen LogP contribution in [0.5, 0.6) is 0 Å². The molecule has 0 aromatic carbocycles. The number of ether oxygens (including phenoxy) is 1. The number of alkyl halides is 3. The zero-order valence-electron chi connectivity index (χ0n) is 9.48. The second-order valence-corrected chi connectivity index (χ2v) is 3.88. The van der Waals surface area contributed by atoms with Crippen molar-refractivity contribution >= 4 is 17.6 Å². The summed E-state index contributed by atoms with van der Waals surface area (Å²) in [5.41, 5.74) is -1.68. The summed E-state index contributed by atoms with van der Waals surface area (Å²) in [6, 6.07) is 0.506. The van der Waals surface area contributed by atoms with Gasteiger partial charge in [-0.2, -0.15) is 13.2 Å². The molecule has 1 aromatic heterocycles. The molecule has 1 aromatic rings. The Morgan fingerprint density at radius 3 is 2.53 bits per heavy atom. The summed E-state index contributed by atoms with van der Waals surface area (Å²) < 4.78 is 41.8. The molecule has 2 N–H and O–H groups in total. The third kappa shape index (κ3) is 3.55. The molecule has 0 amide bonds. The van der Waals surface area contributed by atoms with E-state index in [0.29, 0.717) is 6.07 Å². The molecule has 0 radical (unpaired) electrons. The number of esters is 1. The number of aliphatic hydroxyl groups excluding tert-OH is 2. The normalized spacial score (nSPS) is 14.9. The van der Waals surface area contributed by atoms with Crippen LogP contribution in [0, 0.1) is 0 Å². The zero-order valence-corrected chi connectivity index (χ0v) is 10.2. The lowest BCUT2D eigenvalue weighted by Gasteiger charge is -2.17. The second-order valence-electron chi connectivity index (χ2n) is 3.52. The molecule has 19 heavy (non-hydrogen) atoms. The van der Waals surface area contributed by atoms with Crippen molar-refractivity contribution in [3.63, 3.8) is 0 Å². The van der Waals surface area contributed by atoms with Gasteiger partial charge in [0.2, 0.25) is 0 Å². The lowest BCUT2D eigenvalue weighted by molar-refractivity contribution is -0.156. The highest BCUT2D eigenvalue weighted by Crippen LogP contribution is 2.35.